The molecule has 1 aromatic carbocycles. The molecule has 1 amide bonds. The summed E-state index contributed by atoms with van der Waals surface area (Å²) < 4.78 is 10.0. The number of nitrogens with two attached hydrogens (primary N) is 1. The number of nitrogens with zero attached hydrogens (tertiary/aromatic N) is 3. The number of nitrogen functional groups attached to an aromatic ring is 1. The van der Waals surface area contributed by atoms with Gasteiger partial charge in [-0.3, -0.25) is 15.0 Å². The highest BCUT2D eigenvalue weighted by molar-refractivity contribution is 7.17. The van der Waals surface area contributed by atoms with Crippen molar-refractivity contribution in [2.45, 2.75) is 25.7 Å². The molecular formula is C23H29N5O5S. The Morgan fingerprint density at radius 3 is 2.53 bits per heavy atom. The Labute approximate surface area is 202 Å². The first kappa shape index (κ1) is 25.2. The van der Waals surface area contributed by atoms with Gasteiger partial charge < -0.3 is 25.0 Å². The number of benzene rings is 1. The van der Waals surface area contributed by atoms with Crippen LogP contribution in [0.5, 0.6) is 5.75 Å². The lowest BCUT2D eigenvalue weighted by atomic mass is 9.95. The molecule has 2 heterocycles. The van der Waals surface area contributed by atoms with Crippen LogP contribution in [0.25, 0.3) is 0 Å². The van der Waals surface area contributed by atoms with E-state index in [1.165, 1.54) is 24.6 Å². The molecule has 3 N–H and O–H groups in total. The number of rotatable bonds is 9. The van der Waals surface area contributed by atoms with Crippen molar-refractivity contribution in [2.75, 3.05) is 38.7 Å². The van der Waals surface area contributed by atoms with Gasteiger partial charge >= 0.3 is 11.9 Å². The van der Waals surface area contributed by atoms with E-state index < -0.39 is 5.97 Å². The molecule has 11 heteroatoms. The normalized spacial score (nSPS) is 13.9. The Morgan fingerprint density at radius 2 is 1.91 bits per heavy atom. The van der Waals surface area contributed by atoms with E-state index in [1.54, 1.807) is 36.2 Å². The predicted octanol–water partition coefficient (Wildman–Crippen LogP) is 2.27. The minimum Gasteiger partial charge on any atom is -0.469 e. The van der Waals surface area contributed by atoms with Gasteiger partial charge in [-0.25, -0.2) is 9.78 Å². The molecule has 0 aliphatic carbocycles. The van der Waals surface area contributed by atoms with Crippen molar-refractivity contribution in [3.63, 3.8) is 0 Å². The van der Waals surface area contributed by atoms with Crippen LogP contribution in [-0.2, 0) is 14.3 Å². The van der Waals surface area contributed by atoms with Gasteiger partial charge in [-0.1, -0.05) is 11.3 Å². The largest absolute Gasteiger partial charge is 0.469 e. The number of ether oxygens (including phenoxy) is 2. The Kier molecular flexibility index (Phi) is 8.58. The smallest absolute Gasteiger partial charge is 0.355 e. The van der Waals surface area contributed by atoms with Crippen LogP contribution >= 0.6 is 11.3 Å². The first-order valence-corrected chi connectivity index (χ1v) is 11.8. The number of amidine groups is 1. The Bertz CT molecular complexity index is 1030. The number of carbonyl (C=O) groups is 3. The third-order valence-electron chi connectivity index (χ3n) is 5.66. The molecule has 0 bridgehead atoms. The van der Waals surface area contributed by atoms with E-state index in [9.17, 15) is 14.4 Å². The van der Waals surface area contributed by atoms with E-state index in [1.807, 2.05) is 0 Å². The second-order valence-corrected chi connectivity index (χ2v) is 9.04. The van der Waals surface area contributed by atoms with Gasteiger partial charge in [0.2, 0.25) is 5.91 Å². The molecule has 1 fully saturated rings. The molecule has 1 aliphatic rings. The average Bonchev–Trinajstić information content (AvgIpc) is 3.34. The van der Waals surface area contributed by atoms with E-state index in [2.05, 4.69) is 14.6 Å². The van der Waals surface area contributed by atoms with Crippen molar-refractivity contribution in [1.29, 1.82) is 5.41 Å². The lowest BCUT2D eigenvalue weighted by Gasteiger charge is -2.33. The zero-order chi connectivity index (χ0) is 24.7. The third-order valence-corrected chi connectivity index (χ3v) is 6.70. The van der Waals surface area contributed by atoms with Gasteiger partial charge in [0.05, 0.1) is 13.3 Å². The van der Waals surface area contributed by atoms with Crippen LogP contribution in [0.15, 0.2) is 30.5 Å². The van der Waals surface area contributed by atoms with Crippen molar-refractivity contribution in [3.8, 4) is 5.75 Å². The van der Waals surface area contributed by atoms with E-state index in [0.717, 1.165) is 5.13 Å². The molecule has 0 unspecified atom stereocenters. The zero-order valence-corrected chi connectivity index (χ0v) is 20.1. The number of piperidine rings is 1. The van der Waals surface area contributed by atoms with Gasteiger partial charge in [-0.05, 0) is 43.5 Å². The van der Waals surface area contributed by atoms with Crippen LogP contribution in [0.2, 0.25) is 0 Å². The maximum Gasteiger partial charge on any atom is 0.355 e. The van der Waals surface area contributed by atoms with Crippen molar-refractivity contribution >= 4 is 40.1 Å². The molecule has 0 radical (unpaired) electrons. The highest BCUT2D eigenvalue weighted by Gasteiger charge is 2.28. The minimum atomic E-state index is -0.502. The number of methoxy groups -OCH3 is 1. The number of thiazole rings is 1. The van der Waals surface area contributed by atoms with Crippen LogP contribution in [0.3, 0.4) is 0 Å². The molecule has 1 aliphatic heterocycles. The third kappa shape index (κ3) is 6.53. The number of aromatic nitrogens is 1. The molecule has 34 heavy (non-hydrogen) atoms. The van der Waals surface area contributed by atoms with Gasteiger partial charge in [0.15, 0.2) is 5.13 Å². The van der Waals surface area contributed by atoms with E-state index in [4.69, 9.17) is 15.9 Å². The second kappa shape index (κ2) is 11.6. The standard InChI is InChI=1S/C23H29N5O5S/c1-27(11-3-4-19(29)32-2)21(30)16-9-12-28(13-10-16)23-26-14-18(34-23)22(31)33-17-7-5-15(6-8-17)20(24)25/h5-8,14,16H,3-4,9-13H2,1-2H3,(H3,24,25). The molecule has 0 spiro atoms. The van der Waals surface area contributed by atoms with Crippen molar-refractivity contribution in [1.82, 2.24) is 9.88 Å². The van der Waals surface area contributed by atoms with Gasteiger partial charge in [0.1, 0.15) is 16.5 Å². The quantitative estimate of drug-likeness (QED) is 0.238. The topological polar surface area (TPSA) is 139 Å². The van der Waals surface area contributed by atoms with Crippen molar-refractivity contribution < 1.29 is 23.9 Å². The fourth-order valence-electron chi connectivity index (χ4n) is 3.67. The van der Waals surface area contributed by atoms with Crippen LogP contribution < -0.4 is 15.4 Å². The summed E-state index contributed by atoms with van der Waals surface area (Å²) in [5, 5.41) is 8.13. The van der Waals surface area contributed by atoms with Gasteiger partial charge in [0.25, 0.3) is 0 Å². The summed E-state index contributed by atoms with van der Waals surface area (Å²) in [6.45, 7) is 1.85. The van der Waals surface area contributed by atoms with E-state index in [-0.39, 0.29) is 23.6 Å². The predicted molar refractivity (Wildman–Crippen MR) is 128 cm³/mol. The lowest BCUT2D eigenvalue weighted by molar-refractivity contribution is -0.141. The Balaban J connectivity index is 1.48. The highest BCUT2D eigenvalue weighted by Crippen LogP contribution is 2.29. The molecule has 10 nitrogen and oxygen atoms in total. The second-order valence-electron chi connectivity index (χ2n) is 8.04. The maximum absolute atomic E-state index is 12.7. The summed E-state index contributed by atoms with van der Waals surface area (Å²) in [5.74, 6) is -0.448. The van der Waals surface area contributed by atoms with Gasteiger partial charge in [0, 0.05) is 44.6 Å². The molecular weight excluding hydrogens is 458 g/mol. The first-order valence-electron chi connectivity index (χ1n) is 11.0. The number of esters is 2. The Hall–Kier alpha value is -3.47. The van der Waals surface area contributed by atoms with Crippen LogP contribution in [-0.4, -0.2) is 67.4 Å². The van der Waals surface area contributed by atoms with Crippen LogP contribution in [0, 0.1) is 11.3 Å². The molecule has 1 saturated heterocycles. The summed E-state index contributed by atoms with van der Waals surface area (Å²) in [6, 6.07) is 6.41. The van der Waals surface area contributed by atoms with Gasteiger partial charge in [-0.2, -0.15) is 0 Å². The van der Waals surface area contributed by atoms with E-state index >= 15 is 0 Å². The summed E-state index contributed by atoms with van der Waals surface area (Å²) in [5.41, 5.74) is 5.98. The molecule has 1 aromatic heterocycles. The Morgan fingerprint density at radius 1 is 1.24 bits per heavy atom. The van der Waals surface area contributed by atoms with Crippen molar-refractivity contribution in [3.05, 3.63) is 40.9 Å². The fourth-order valence-corrected chi connectivity index (χ4v) is 4.51. The molecule has 0 atom stereocenters. The summed E-state index contributed by atoms with van der Waals surface area (Å²) in [6.07, 6.45) is 3.76. The van der Waals surface area contributed by atoms with Gasteiger partial charge in [-0.15, -0.1) is 0 Å². The van der Waals surface area contributed by atoms with Crippen molar-refractivity contribution in [2.24, 2.45) is 11.7 Å². The van der Waals surface area contributed by atoms with Crippen LogP contribution in [0.1, 0.15) is 40.9 Å². The number of anilines is 1. The monoisotopic (exact) mass is 487 g/mol. The summed E-state index contributed by atoms with van der Waals surface area (Å²) >= 11 is 1.25. The number of amides is 1. The fraction of sp³-hybridized carbons (Fsp3) is 0.435. The molecule has 0 saturated carbocycles. The number of hydrogen-bond acceptors (Lipinski definition) is 9. The zero-order valence-electron chi connectivity index (χ0n) is 19.3. The SMILES string of the molecule is COC(=O)CCCN(C)C(=O)C1CCN(c2ncc(C(=O)Oc3ccc(C(=N)N)cc3)s2)CC1. The summed E-state index contributed by atoms with van der Waals surface area (Å²) in [4.78, 5) is 44.9. The van der Waals surface area contributed by atoms with Crippen LogP contribution in [0.4, 0.5) is 5.13 Å². The lowest BCUT2D eigenvalue weighted by Crippen LogP contribution is -2.41. The van der Waals surface area contributed by atoms with E-state index in [0.29, 0.717) is 61.5 Å². The number of hydrogen-bond donors (Lipinski definition) is 2. The molecule has 2 aromatic rings. The number of carbonyl (C=O) groups excluding carboxylic acids is 3. The maximum atomic E-state index is 12.7. The molecule has 182 valence electrons. The minimum absolute atomic E-state index is 0.0549. The number of nitrogens with one attached hydrogen (secondary N) is 1. The first-order chi connectivity index (χ1) is 16.3. The average molecular weight is 488 g/mol. The highest BCUT2D eigenvalue weighted by atomic mass is 32.1. The summed E-state index contributed by atoms with van der Waals surface area (Å²) in [7, 11) is 3.12. The molecule has 3 rings (SSSR count).